The normalized spacial score (nSPS) is 11.6. The fourth-order valence-corrected chi connectivity index (χ4v) is 4.44. The Hall–Kier alpha value is -1.05. The van der Waals surface area contributed by atoms with Crippen LogP contribution in [0.2, 0.25) is 0 Å². The molecule has 2 aromatic rings. The minimum Gasteiger partial charge on any atom is -0.452 e. The van der Waals surface area contributed by atoms with Crippen LogP contribution in [-0.2, 0) is 15.9 Å². The van der Waals surface area contributed by atoms with E-state index in [9.17, 15) is 12.8 Å². The number of furan rings is 1. The molecule has 0 saturated heterocycles. The molecule has 0 aliphatic carbocycles. The maximum atomic E-state index is 13.3. The summed E-state index contributed by atoms with van der Waals surface area (Å²) >= 11 is 8.71. The lowest BCUT2D eigenvalue weighted by atomic mass is 10.3. The number of nitrogens with zero attached hydrogens (tertiary/aromatic N) is 1. The molecule has 0 aliphatic rings. The molecule has 0 saturated carbocycles. The molecule has 1 heterocycles. The van der Waals surface area contributed by atoms with Crippen molar-refractivity contribution in [3.05, 3.63) is 46.6 Å². The smallest absolute Gasteiger partial charge is 0.268 e. The highest BCUT2D eigenvalue weighted by molar-refractivity contribution is 9.10. The molecule has 0 radical (unpaired) electrons. The first-order valence-electron chi connectivity index (χ1n) is 6.02. The molecule has 1 aromatic carbocycles. The number of halogens is 3. The van der Waals surface area contributed by atoms with Gasteiger partial charge in [-0.25, -0.2) is 12.8 Å². The average Bonchev–Trinajstić information content (AvgIpc) is 2.81. The van der Waals surface area contributed by atoms with E-state index in [1.165, 1.54) is 24.3 Å². The van der Waals surface area contributed by atoms with Gasteiger partial charge in [0.1, 0.15) is 16.5 Å². The van der Waals surface area contributed by atoms with E-state index >= 15 is 0 Å². The van der Waals surface area contributed by atoms with Crippen LogP contribution in [0.3, 0.4) is 0 Å². The lowest BCUT2D eigenvalue weighted by Crippen LogP contribution is -2.30. The van der Waals surface area contributed by atoms with Crippen LogP contribution in [0.4, 0.5) is 10.1 Å². The molecule has 1 aromatic heterocycles. The van der Waals surface area contributed by atoms with Crippen LogP contribution >= 0.6 is 27.5 Å². The molecule has 0 unspecified atom stereocenters. The van der Waals surface area contributed by atoms with Gasteiger partial charge in [0, 0.05) is 12.6 Å². The van der Waals surface area contributed by atoms with E-state index in [1.54, 1.807) is 6.92 Å². The quantitative estimate of drug-likeness (QED) is 0.714. The summed E-state index contributed by atoms with van der Waals surface area (Å²) in [5.41, 5.74) is 0.248. The van der Waals surface area contributed by atoms with Crippen LogP contribution in [0.1, 0.15) is 12.7 Å². The van der Waals surface area contributed by atoms with E-state index in [2.05, 4.69) is 15.9 Å². The van der Waals surface area contributed by atoms with Gasteiger partial charge in [-0.3, -0.25) is 4.31 Å². The highest BCUT2D eigenvalue weighted by atomic mass is 79.9. The second kappa shape index (κ2) is 6.37. The molecule has 114 valence electrons. The summed E-state index contributed by atoms with van der Waals surface area (Å²) in [4.78, 5) is -0.0377. The third kappa shape index (κ3) is 3.25. The summed E-state index contributed by atoms with van der Waals surface area (Å²) < 4.78 is 45.1. The van der Waals surface area contributed by atoms with Crippen molar-refractivity contribution in [3.63, 3.8) is 0 Å². The maximum Gasteiger partial charge on any atom is 0.268 e. The zero-order valence-electron chi connectivity index (χ0n) is 11.0. The summed E-state index contributed by atoms with van der Waals surface area (Å²) in [5.74, 6) is -0.119. The van der Waals surface area contributed by atoms with Gasteiger partial charge < -0.3 is 4.42 Å². The lowest BCUT2D eigenvalue weighted by molar-refractivity contribution is 0.498. The van der Waals surface area contributed by atoms with Gasteiger partial charge in [0.25, 0.3) is 10.0 Å². The number of anilines is 1. The molecule has 0 N–H and O–H groups in total. The van der Waals surface area contributed by atoms with Crippen molar-refractivity contribution < 1.29 is 17.2 Å². The van der Waals surface area contributed by atoms with Crippen LogP contribution in [0.15, 0.2) is 44.3 Å². The second-order valence-corrected chi connectivity index (χ2v) is 6.95. The first-order chi connectivity index (χ1) is 9.90. The number of hydrogen-bond donors (Lipinski definition) is 0. The van der Waals surface area contributed by atoms with Crippen molar-refractivity contribution in [1.82, 2.24) is 0 Å². The van der Waals surface area contributed by atoms with Crippen molar-refractivity contribution in [3.8, 4) is 0 Å². The number of alkyl halides is 1. The Morgan fingerprint density at radius 3 is 2.62 bits per heavy atom. The van der Waals surface area contributed by atoms with Crippen LogP contribution in [-0.4, -0.2) is 15.0 Å². The van der Waals surface area contributed by atoms with Gasteiger partial charge in [-0.05, 0) is 41.1 Å². The zero-order chi connectivity index (χ0) is 15.6. The van der Waals surface area contributed by atoms with Gasteiger partial charge in [0.05, 0.1) is 11.6 Å². The van der Waals surface area contributed by atoms with Crippen molar-refractivity contribution in [2.45, 2.75) is 17.7 Å². The summed E-state index contributed by atoms with van der Waals surface area (Å²) in [6.07, 6.45) is 0. The van der Waals surface area contributed by atoms with E-state index in [-0.39, 0.29) is 27.7 Å². The van der Waals surface area contributed by atoms with Gasteiger partial charge in [-0.15, -0.1) is 11.6 Å². The monoisotopic (exact) mass is 395 g/mol. The number of hydrogen-bond acceptors (Lipinski definition) is 3. The number of benzene rings is 1. The predicted octanol–water partition coefficient (Wildman–Crippen LogP) is 4.14. The fraction of sp³-hybridized carbons (Fsp3) is 0.231. The first kappa shape index (κ1) is 16.3. The van der Waals surface area contributed by atoms with Gasteiger partial charge in [0.2, 0.25) is 0 Å². The summed E-state index contributed by atoms with van der Waals surface area (Å²) in [7, 11) is -3.87. The molecule has 0 amide bonds. The Bertz CT molecular complexity index is 748. The number of sulfonamides is 1. The van der Waals surface area contributed by atoms with Gasteiger partial charge in [-0.2, -0.15) is 0 Å². The minimum atomic E-state index is -3.87. The molecule has 0 spiro atoms. The molecule has 2 rings (SSSR count). The summed E-state index contributed by atoms with van der Waals surface area (Å²) in [6, 6.07) is 6.76. The standard InChI is InChI=1S/C13H12BrClFNO3S/c1-2-17(10-5-3-4-9(16)6-10)21(18,19)12-7-11(8-15)20-13(12)14/h3-7H,2,8H2,1H3. The van der Waals surface area contributed by atoms with Crippen LogP contribution < -0.4 is 4.31 Å². The van der Waals surface area contributed by atoms with E-state index in [1.807, 2.05) is 0 Å². The van der Waals surface area contributed by atoms with Gasteiger partial charge in [0.15, 0.2) is 4.67 Å². The molecule has 0 bridgehead atoms. The molecule has 21 heavy (non-hydrogen) atoms. The lowest BCUT2D eigenvalue weighted by Gasteiger charge is -2.22. The van der Waals surface area contributed by atoms with Crippen molar-refractivity contribution in [1.29, 1.82) is 0 Å². The predicted molar refractivity (Wildman–Crippen MR) is 82.6 cm³/mol. The van der Waals surface area contributed by atoms with E-state index in [4.69, 9.17) is 16.0 Å². The van der Waals surface area contributed by atoms with Crippen molar-refractivity contribution in [2.24, 2.45) is 0 Å². The molecular weight excluding hydrogens is 385 g/mol. The minimum absolute atomic E-state index is 0.0377. The van der Waals surface area contributed by atoms with Crippen LogP contribution in [0.25, 0.3) is 0 Å². The summed E-state index contributed by atoms with van der Waals surface area (Å²) in [5, 5.41) is 0. The Balaban J connectivity index is 2.51. The van der Waals surface area contributed by atoms with Gasteiger partial charge >= 0.3 is 0 Å². The Kier molecular flexibility index (Phi) is 4.95. The van der Waals surface area contributed by atoms with Crippen LogP contribution in [0, 0.1) is 5.82 Å². The third-order valence-electron chi connectivity index (χ3n) is 2.79. The summed E-state index contributed by atoms with van der Waals surface area (Å²) in [6.45, 7) is 1.82. The maximum absolute atomic E-state index is 13.3. The topological polar surface area (TPSA) is 50.5 Å². The molecule has 8 heteroatoms. The Labute approximate surface area is 135 Å². The highest BCUT2D eigenvalue weighted by Gasteiger charge is 2.29. The fourth-order valence-electron chi connectivity index (χ4n) is 1.88. The SMILES string of the molecule is CCN(c1cccc(F)c1)S(=O)(=O)c1cc(CCl)oc1Br. The van der Waals surface area contributed by atoms with E-state index in [0.29, 0.717) is 5.76 Å². The van der Waals surface area contributed by atoms with E-state index < -0.39 is 15.8 Å². The number of rotatable bonds is 5. The Morgan fingerprint density at radius 1 is 1.38 bits per heavy atom. The Morgan fingerprint density at radius 2 is 2.10 bits per heavy atom. The molecule has 0 aliphatic heterocycles. The molecule has 0 atom stereocenters. The highest BCUT2D eigenvalue weighted by Crippen LogP contribution is 2.32. The van der Waals surface area contributed by atoms with Crippen LogP contribution in [0.5, 0.6) is 0 Å². The van der Waals surface area contributed by atoms with Gasteiger partial charge in [-0.1, -0.05) is 6.07 Å². The molecule has 4 nitrogen and oxygen atoms in total. The van der Waals surface area contributed by atoms with Crippen molar-refractivity contribution >= 4 is 43.2 Å². The first-order valence-corrected chi connectivity index (χ1v) is 8.79. The molecule has 0 fully saturated rings. The van der Waals surface area contributed by atoms with E-state index in [0.717, 1.165) is 10.4 Å². The third-order valence-corrected chi connectivity index (χ3v) is 5.81. The average molecular weight is 397 g/mol. The van der Waals surface area contributed by atoms with Crippen molar-refractivity contribution in [2.75, 3.05) is 10.8 Å². The largest absolute Gasteiger partial charge is 0.452 e. The second-order valence-electron chi connectivity index (χ2n) is 4.13. The zero-order valence-corrected chi connectivity index (χ0v) is 14.2. The molecular formula is C13H12BrClFNO3S.